The molecule has 0 aliphatic rings. The molecular weight excluding hydrogens is 288 g/mol. The standard InChI is InChI=1S/C11H13BrN2OS/c1-7(9-3-4-10(12)15-9)14-8(2)11-13-5-6-16-11/h3-8,14H,1-2H3. The van der Waals surface area contributed by atoms with Gasteiger partial charge in [0.25, 0.3) is 0 Å². The van der Waals surface area contributed by atoms with Crippen molar-refractivity contribution in [2.75, 3.05) is 0 Å². The van der Waals surface area contributed by atoms with Crippen LogP contribution in [0.25, 0.3) is 0 Å². The maximum atomic E-state index is 5.50. The first-order chi connectivity index (χ1) is 7.66. The van der Waals surface area contributed by atoms with E-state index in [0.29, 0.717) is 0 Å². The zero-order chi connectivity index (χ0) is 11.5. The highest BCUT2D eigenvalue weighted by molar-refractivity contribution is 9.10. The molecule has 86 valence electrons. The summed E-state index contributed by atoms with van der Waals surface area (Å²) in [6.45, 7) is 4.18. The summed E-state index contributed by atoms with van der Waals surface area (Å²) in [6, 6.07) is 4.28. The molecule has 0 amide bonds. The van der Waals surface area contributed by atoms with E-state index < -0.39 is 0 Å². The number of nitrogens with zero attached hydrogens (tertiary/aromatic N) is 1. The molecule has 0 aliphatic heterocycles. The van der Waals surface area contributed by atoms with Gasteiger partial charge in [-0.3, -0.25) is 5.32 Å². The van der Waals surface area contributed by atoms with Crippen molar-refractivity contribution in [3.8, 4) is 0 Å². The van der Waals surface area contributed by atoms with Crippen LogP contribution in [0.4, 0.5) is 0 Å². The summed E-state index contributed by atoms with van der Waals surface area (Å²) in [5.74, 6) is 0.926. The summed E-state index contributed by atoms with van der Waals surface area (Å²) in [5.41, 5.74) is 0. The van der Waals surface area contributed by atoms with E-state index in [4.69, 9.17) is 4.42 Å². The van der Waals surface area contributed by atoms with Crippen molar-refractivity contribution in [3.05, 3.63) is 39.1 Å². The molecule has 0 spiro atoms. The third-order valence-electron chi connectivity index (χ3n) is 2.34. The van der Waals surface area contributed by atoms with Crippen molar-refractivity contribution >= 4 is 27.3 Å². The van der Waals surface area contributed by atoms with Gasteiger partial charge >= 0.3 is 0 Å². The predicted molar refractivity (Wildman–Crippen MR) is 68.5 cm³/mol. The fourth-order valence-corrected chi connectivity index (χ4v) is 2.51. The van der Waals surface area contributed by atoms with Crippen LogP contribution in [-0.4, -0.2) is 4.98 Å². The molecule has 2 heterocycles. The summed E-state index contributed by atoms with van der Waals surface area (Å²) >= 11 is 4.96. The molecule has 0 aromatic carbocycles. The molecule has 0 fully saturated rings. The van der Waals surface area contributed by atoms with Gasteiger partial charge in [0.05, 0.1) is 12.1 Å². The summed E-state index contributed by atoms with van der Waals surface area (Å²) in [6.07, 6.45) is 1.83. The third kappa shape index (κ3) is 2.72. The van der Waals surface area contributed by atoms with Gasteiger partial charge < -0.3 is 4.42 Å². The van der Waals surface area contributed by atoms with Gasteiger partial charge in [-0.05, 0) is 41.9 Å². The Morgan fingerprint density at radius 2 is 2.19 bits per heavy atom. The molecule has 2 aromatic heterocycles. The first-order valence-corrected chi connectivity index (χ1v) is 6.74. The number of nitrogens with one attached hydrogen (secondary N) is 1. The molecule has 2 aromatic rings. The summed E-state index contributed by atoms with van der Waals surface area (Å²) < 4.78 is 6.26. The second kappa shape index (κ2) is 5.12. The van der Waals surface area contributed by atoms with Gasteiger partial charge in [-0.2, -0.15) is 0 Å². The van der Waals surface area contributed by atoms with Crippen molar-refractivity contribution in [2.24, 2.45) is 0 Å². The van der Waals surface area contributed by atoms with Gasteiger partial charge in [-0.25, -0.2) is 4.98 Å². The van der Waals surface area contributed by atoms with E-state index in [1.165, 1.54) is 0 Å². The smallest absolute Gasteiger partial charge is 0.169 e. The Morgan fingerprint density at radius 3 is 2.75 bits per heavy atom. The van der Waals surface area contributed by atoms with E-state index in [-0.39, 0.29) is 12.1 Å². The number of aromatic nitrogens is 1. The Hall–Kier alpha value is -0.650. The van der Waals surface area contributed by atoms with Gasteiger partial charge in [0, 0.05) is 11.6 Å². The molecule has 2 atom stereocenters. The van der Waals surface area contributed by atoms with Gasteiger partial charge in [0.15, 0.2) is 4.67 Å². The minimum Gasteiger partial charge on any atom is -0.453 e. The molecule has 0 radical (unpaired) electrons. The number of rotatable bonds is 4. The van der Waals surface area contributed by atoms with Crippen LogP contribution in [0.1, 0.15) is 36.7 Å². The van der Waals surface area contributed by atoms with Crippen LogP contribution >= 0.6 is 27.3 Å². The lowest BCUT2D eigenvalue weighted by Crippen LogP contribution is -2.21. The number of hydrogen-bond donors (Lipinski definition) is 1. The maximum Gasteiger partial charge on any atom is 0.169 e. The number of hydrogen-bond acceptors (Lipinski definition) is 4. The largest absolute Gasteiger partial charge is 0.453 e. The fraction of sp³-hybridized carbons (Fsp3) is 0.364. The van der Waals surface area contributed by atoms with Crippen LogP contribution in [0.5, 0.6) is 0 Å². The summed E-state index contributed by atoms with van der Waals surface area (Å²) in [7, 11) is 0. The van der Waals surface area contributed by atoms with Crippen molar-refractivity contribution < 1.29 is 4.42 Å². The highest BCUT2D eigenvalue weighted by atomic mass is 79.9. The number of furan rings is 1. The van der Waals surface area contributed by atoms with E-state index >= 15 is 0 Å². The molecule has 3 nitrogen and oxygen atoms in total. The molecule has 0 saturated carbocycles. The molecule has 1 N–H and O–H groups in total. The van der Waals surface area contributed by atoms with Crippen molar-refractivity contribution in [3.63, 3.8) is 0 Å². The Morgan fingerprint density at radius 1 is 1.38 bits per heavy atom. The lowest BCUT2D eigenvalue weighted by Gasteiger charge is -2.16. The zero-order valence-corrected chi connectivity index (χ0v) is 11.5. The third-order valence-corrected chi connectivity index (χ3v) is 3.73. The first kappa shape index (κ1) is 11.8. The van der Waals surface area contributed by atoms with E-state index in [9.17, 15) is 0 Å². The molecule has 2 unspecified atom stereocenters. The SMILES string of the molecule is CC(NC(C)c1nccs1)c1ccc(Br)o1. The molecule has 0 bridgehead atoms. The number of halogens is 1. The Labute approximate surface area is 107 Å². The van der Waals surface area contributed by atoms with Crippen LogP contribution in [0.3, 0.4) is 0 Å². The van der Waals surface area contributed by atoms with Crippen LogP contribution in [0.2, 0.25) is 0 Å². The average Bonchev–Trinajstić information content (AvgIpc) is 2.87. The highest BCUT2D eigenvalue weighted by Gasteiger charge is 2.15. The normalized spacial score (nSPS) is 14.9. The van der Waals surface area contributed by atoms with Crippen molar-refractivity contribution in [1.82, 2.24) is 10.3 Å². The summed E-state index contributed by atoms with van der Waals surface area (Å²) in [5, 5.41) is 6.53. The van der Waals surface area contributed by atoms with E-state index in [2.05, 4.69) is 40.1 Å². The van der Waals surface area contributed by atoms with E-state index in [1.807, 2.05) is 23.7 Å². The predicted octanol–water partition coefficient (Wildman–Crippen LogP) is 3.91. The molecule has 16 heavy (non-hydrogen) atoms. The Balaban J connectivity index is 2.00. The van der Waals surface area contributed by atoms with Gasteiger partial charge in [-0.1, -0.05) is 0 Å². The van der Waals surface area contributed by atoms with Crippen LogP contribution in [0, 0.1) is 0 Å². The lowest BCUT2D eigenvalue weighted by atomic mass is 10.2. The second-order valence-electron chi connectivity index (χ2n) is 3.62. The minimum absolute atomic E-state index is 0.171. The fourth-order valence-electron chi connectivity index (χ4n) is 1.54. The Kier molecular flexibility index (Phi) is 3.78. The average molecular weight is 301 g/mol. The topological polar surface area (TPSA) is 38.1 Å². The van der Waals surface area contributed by atoms with Gasteiger partial charge in [0.2, 0.25) is 0 Å². The zero-order valence-electron chi connectivity index (χ0n) is 9.11. The van der Waals surface area contributed by atoms with E-state index in [1.54, 1.807) is 11.3 Å². The quantitative estimate of drug-likeness (QED) is 0.930. The van der Waals surface area contributed by atoms with Gasteiger partial charge in [0.1, 0.15) is 10.8 Å². The van der Waals surface area contributed by atoms with Crippen molar-refractivity contribution in [1.29, 1.82) is 0 Å². The van der Waals surface area contributed by atoms with Crippen LogP contribution in [0.15, 0.2) is 32.8 Å². The molecular formula is C11H13BrN2OS. The monoisotopic (exact) mass is 300 g/mol. The van der Waals surface area contributed by atoms with Crippen molar-refractivity contribution in [2.45, 2.75) is 25.9 Å². The van der Waals surface area contributed by atoms with E-state index in [0.717, 1.165) is 15.4 Å². The lowest BCUT2D eigenvalue weighted by molar-refractivity contribution is 0.393. The molecule has 5 heteroatoms. The van der Waals surface area contributed by atoms with Crippen LogP contribution in [-0.2, 0) is 0 Å². The Bertz CT molecular complexity index is 441. The first-order valence-electron chi connectivity index (χ1n) is 5.07. The highest BCUT2D eigenvalue weighted by Crippen LogP contribution is 2.23. The number of thiazole rings is 1. The maximum absolute atomic E-state index is 5.50. The molecule has 2 rings (SSSR count). The summed E-state index contributed by atoms with van der Waals surface area (Å²) in [4.78, 5) is 4.28. The second-order valence-corrected chi connectivity index (χ2v) is 5.33. The molecule has 0 aliphatic carbocycles. The molecule has 0 saturated heterocycles. The van der Waals surface area contributed by atoms with Crippen LogP contribution < -0.4 is 5.32 Å². The minimum atomic E-state index is 0.171. The van der Waals surface area contributed by atoms with Gasteiger partial charge in [-0.15, -0.1) is 11.3 Å².